The van der Waals surface area contributed by atoms with E-state index >= 15 is 0 Å². The van der Waals surface area contributed by atoms with Crippen molar-refractivity contribution in [2.24, 2.45) is 7.05 Å². The molecule has 0 unspecified atom stereocenters. The van der Waals surface area contributed by atoms with Crippen LogP contribution in [0, 0.1) is 0 Å². The van der Waals surface area contributed by atoms with Gasteiger partial charge in [-0.3, -0.25) is 4.79 Å². The molecule has 0 spiro atoms. The fourth-order valence-corrected chi connectivity index (χ4v) is 2.83. The summed E-state index contributed by atoms with van der Waals surface area (Å²) in [5.74, 6) is -0.625. The van der Waals surface area contributed by atoms with Gasteiger partial charge in [0.15, 0.2) is 13.0 Å². The zero-order valence-corrected chi connectivity index (χ0v) is 12.6. The van der Waals surface area contributed by atoms with Crippen LogP contribution >= 0.6 is 11.8 Å². The lowest BCUT2D eigenvalue weighted by molar-refractivity contribution is -0.772. The molecule has 0 aliphatic carbocycles. The third-order valence-corrected chi connectivity index (χ3v) is 4.23. The maximum absolute atomic E-state index is 12.1. The van der Waals surface area contributed by atoms with E-state index in [1.165, 1.54) is 4.68 Å². The van der Waals surface area contributed by atoms with Crippen molar-refractivity contribution in [2.75, 3.05) is 11.1 Å². The van der Waals surface area contributed by atoms with Crippen LogP contribution in [0.1, 0.15) is 0 Å². The van der Waals surface area contributed by atoms with Crippen molar-refractivity contribution in [3.05, 3.63) is 42.5 Å². The number of carbonyl (C=O) groups is 1. The van der Waals surface area contributed by atoms with Gasteiger partial charge in [0.05, 0.1) is 11.0 Å². The number of rotatable bonds is 4. The summed E-state index contributed by atoms with van der Waals surface area (Å²) in [6.07, 6.45) is 0. The van der Waals surface area contributed by atoms with Crippen molar-refractivity contribution in [1.82, 2.24) is 5.27 Å². The number of amides is 1. The molecule has 0 saturated carbocycles. The number of benzene rings is 2. The molecule has 6 nitrogen and oxygen atoms in total. The largest absolute Gasteiger partial charge is 0.538 e. The van der Waals surface area contributed by atoms with E-state index in [1.54, 1.807) is 7.05 Å². The Morgan fingerprint density at radius 1 is 1.32 bits per heavy atom. The molecule has 0 fully saturated rings. The Balaban J connectivity index is 1.71. The molecule has 1 amide bonds. The third-order valence-electron chi connectivity index (χ3n) is 3.12. The van der Waals surface area contributed by atoms with Gasteiger partial charge in [0.25, 0.3) is 5.03 Å². The minimum absolute atomic E-state index is 0.105. The van der Waals surface area contributed by atoms with Crippen molar-refractivity contribution < 1.29 is 19.1 Å². The molecule has 0 aliphatic heterocycles. The first-order valence-electron chi connectivity index (χ1n) is 6.58. The molecule has 2 aromatic carbocycles. The molecule has 1 N–H and O–H groups in total. The van der Waals surface area contributed by atoms with Gasteiger partial charge in [-0.1, -0.05) is 41.1 Å². The van der Waals surface area contributed by atoms with Crippen LogP contribution in [0.25, 0.3) is 10.8 Å². The van der Waals surface area contributed by atoms with Crippen LogP contribution in [-0.4, -0.2) is 16.9 Å². The number of hydrogen-bond donors (Lipinski definition) is 1. The summed E-state index contributed by atoms with van der Waals surface area (Å²) >= 11 is 1.10. The van der Waals surface area contributed by atoms with Crippen LogP contribution in [0.2, 0.25) is 0 Å². The van der Waals surface area contributed by atoms with Gasteiger partial charge >= 0.3 is 0 Å². The highest BCUT2D eigenvalue weighted by Crippen LogP contribution is 2.24. The number of nitrogens with zero attached hydrogens (tertiary/aromatic N) is 2. The number of nitrogens with one attached hydrogen (secondary N) is 1. The van der Waals surface area contributed by atoms with Gasteiger partial charge in [0, 0.05) is 11.1 Å². The van der Waals surface area contributed by atoms with Crippen molar-refractivity contribution in [3.8, 4) is 5.95 Å². The van der Waals surface area contributed by atoms with Gasteiger partial charge in [-0.15, -0.1) is 0 Å². The highest BCUT2D eigenvalue weighted by molar-refractivity contribution is 7.99. The molecule has 0 atom stereocenters. The van der Waals surface area contributed by atoms with Crippen LogP contribution < -0.4 is 15.1 Å². The van der Waals surface area contributed by atoms with E-state index in [0.717, 1.165) is 28.2 Å². The Bertz CT molecular complexity index is 807. The first-order valence-corrected chi connectivity index (χ1v) is 7.57. The number of anilines is 1. The van der Waals surface area contributed by atoms with E-state index < -0.39 is 5.95 Å². The van der Waals surface area contributed by atoms with Gasteiger partial charge in [-0.2, -0.15) is 0 Å². The fourth-order valence-electron chi connectivity index (χ4n) is 2.11. The average Bonchev–Trinajstić information content (AvgIpc) is 2.84. The van der Waals surface area contributed by atoms with Gasteiger partial charge in [0.2, 0.25) is 5.91 Å². The average molecular weight is 315 g/mol. The second-order valence-electron chi connectivity index (χ2n) is 4.65. The molecule has 22 heavy (non-hydrogen) atoms. The number of carbonyl (C=O) groups excluding carboxylic acids is 1. The molecule has 0 bridgehead atoms. The third kappa shape index (κ3) is 2.89. The van der Waals surface area contributed by atoms with Gasteiger partial charge < -0.3 is 14.9 Å². The Hall–Kier alpha value is -2.54. The second kappa shape index (κ2) is 6.07. The van der Waals surface area contributed by atoms with Gasteiger partial charge in [0.1, 0.15) is 0 Å². The van der Waals surface area contributed by atoms with E-state index in [-0.39, 0.29) is 11.7 Å². The van der Waals surface area contributed by atoms with Gasteiger partial charge in [-0.25, -0.2) is 0 Å². The summed E-state index contributed by atoms with van der Waals surface area (Å²) in [6.45, 7) is 0. The Morgan fingerprint density at radius 3 is 2.86 bits per heavy atom. The summed E-state index contributed by atoms with van der Waals surface area (Å²) in [7, 11) is 1.59. The topological polar surface area (TPSA) is 82.1 Å². The minimum Gasteiger partial charge on any atom is -0.538 e. The first-order chi connectivity index (χ1) is 10.6. The van der Waals surface area contributed by atoms with Crippen molar-refractivity contribution >= 4 is 34.1 Å². The quantitative estimate of drug-likeness (QED) is 0.582. The lowest BCUT2D eigenvalue weighted by atomic mass is 10.1. The summed E-state index contributed by atoms with van der Waals surface area (Å²) < 4.78 is 5.83. The molecule has 1 heterocycles. The van der Waals surface area contributed by atoms with Crippen LogP contribution in [0.15, 0.2) is 52.0 Å². The molecule has 0 saturated heterocycles. The van der Waals surface area contributed by atoms with E-state index in [1.807, 2.05) is 42.5 Å². The number of thioether (sulfide) groups is 1. The van der Waals surface area contributed by atoms with Crippen LogP contribution in [0.3, 0.4) is 0 Å². The van der Waals surface area contributed by atoms with Crippen molar-refractivity contribution in [2.45, 2.75) is 5.03 Å². The van der Waals surface area contributed by atoms with Crippen molar-refractivity contribution in [3.63, 3.8) is 0 Å². The van der Waals surface area contributed by atoms with E-state index in [2.05, 4.69) is 15.1 Å². The fraction of sp³-hybridized carbons (Fsp3) is 0.133. The maximum atomic E-state index is 12.1. The minimum atomic E-state index is -0.537. The number of aromatic nitrogens is 2. The van der Waals surface area contributed by atoms with E-state index in [9.17, 15) is 9.90 Å². The van der Waals surface area contributed by atoms with Crippen molar-refractivity contribution in [1.29, 1.82) is 0 Å². The maximum Gasteiger partial charge on any atom is 0.291 e. The zero-order chi connectivity index (χ0) is 15.5. The molecule has 112 valence electrons. The molecule has 3 aromatic rings. The number of fused-ring (bicyclic) bond motifs is 1. The molecule has 1 aromatic heterocycles. The molecular formula is C15H13N3O3S. The van der Waals surface area contributed by atoms with Gasteiger partial charge in [-0.05, 0) is 23.2 Å². The zero-order valence-electron chi connectivity index (χ0n) is 11.8. The van der Waals surface area contributed by atoms with Crippen LogP contribution in [-0.2, 0) is 11.8 Å². The molecule has 7 heteroatoms. The van der Waals surface area contributed by atoms with Crippen LogP contribution in [0.5, 0.6) is 5.95 Å². The smallest absolute Gasteiger partial charge is 0.291 e. The van der Waals surface area contributed by atoms with E-state index in [0.29, 0.717) is 5.03 Å². The van der Waals surface area contributed by atoms with E-state index in [4.69, 9.17) is 0 Å². The Kier molecular flexibility index (Phi) is 3.97. The highest BCUT2D eigenvalue weighted by Gasteiger charge is 2.16. The highest BCUT2D eigenvalue weighted by atomic mass is 32.2. The second-order valence-corrected chi connectivity index (χ2v) is 5.62. The summed E-state index contributed by atoms with van der Waals surface area (Å²) in [5, 5.41) is 20.1. The normalized spacial score (nSPS) is 10.8. The lowest BCUT2D eigenvalue weighted by Gasteiger charge is -2.08. The monoisotopic (exact) mass is 315 g/mol. The predicted octanol–water partition coefficient (Wildman–Crippen LogP) is 1.46. The number of hydrogen-bond acceptors (Lipinski definition) is 5. The SMILES string of the molecule is C[n+]1noc([O-])c1SCC(=O)Nc1cccc2ccccc12. The molecule has 0 aliphatic rings. The molecular weight excluding hydrogens is 302 g/mol. The standard InChI is InChI=1S/C15H13N3O3S/c1-18-14(15(20)21-17-18)22-9-13(19)16-12-8-4-6-10-5-2-3-7-11(10)12/h2-8H,9H2,1H3,(H-,16,17,19,20). The Labute approximate surface area is 130 Å². The summed E-state index contributed by atoms with van der Waals surface area (Å²) in [5.41, 5.74) is 0.751. The number of aryl methyl sites for hydroxylation is 1. The first kappa shape index (κ1) is 14.4. The van der Waals surface area contributed by atoms with Crippen LogP contribution in [0.4, 0.5) is 5.69 Å². The lowest BCUT2D eigenvalue weighted by Crippen LogP contribution is -2.32. The predicted molar refractivity (Wildman–Crippen MR) is 80.4 cm³/mol. The summed E-state index contributed by atoms with van der Waals surface area (Å²) in [6, 6.07) is 13.5. The molecule has 0 radical (unpaired) electrons. The molecule has 3 rings (SSSR count). The Morgan fingerprint density at radius 2 is 2.09 bits per heavy atom. The summed E-state index contributed by atoms with van der Waals surface area (Å²) in [4.78, 5) is 12.1.